The summed E-state index contributed by atoms with van der Waals surface area (Å²) in [6.07, 6.45) is 0.431. The van der Waals surface area contributed by atoms with Gasteiger partial charge in [0.05, 0.1) is 13.2 Å². The SMILES string of the molecule is COc1ccc(C2NC(C(=O)O)Cc3c2[nH]c2ccccc32)cc1COc1ccc(Br)cc1. The van der Waals surface area contributed by atoms with Gasteiger partial charge in [-0.1, -0.05) is 40.2 Å². The standard InChI is InChI=1S/C26H23BrN2O4/c1-32-23-11-6-15(12-16(23)14-33-18-9-7-17(27)8-10-18)24-25-20(13-22(29-24)26(30)31)19-4-2-3-5-21(19)28-25/h2-12,22,24,28-29H,13-14H2,1H3,(H,30,31). The van der Waals surface area contributed by atoms with E-state index < -0.39 is 12.0 Å². The van der Waals surface area contributed by atoms with Crippen molar-refractivity contribution in [2.45, 2.75) is 25.1 Å². The first-order valence-corrected chi connectivity index (χ1v) is 11.5. The smallest absolute Gasteiger partial charge is 0.321 e. The molecule has 5 rings (SSSR count). The van der Waals surface area contributed by atoms with E-state index >= 15 is 0 Å². The fourth-order valence-electron chi connectivity index (χ4n) is 4.44. The number of aromatic nitrogens is 1. The van der Waals surface area contributed by atoms with E-state index in [-0.39, 0.29) is 6.04 Å². The van der Waals surface area contributed by atoms with E-state index in [0.717, 1.165) is 49.3 Å². The normalized spacial score (nSPS) is 17.5. The Morgan fingerprint density at radius 1 is 1.12 bits per heavy atom. The van der Waals surface area contributed by atoms with Crippen molar-refractivity contribution in [1.82, 2.24) is 10.3 Å². The average Bonchev–Trinajstić information content (AvgIpc) is 3.21. The number of nitrogens with one attached hydrogen (secondary N) is 2. The topological polar surface area (TPSA) is 83.6 Å². The Balaban J connectivity index is 1.52. The zero-order valence-corrected chi connectivity index (χ0v) is 19.6. The fourth-order valence-corrected chi connectivity index (χ4v) is 4.70. The van der Waals surface area contributed by atoms with Crippen molar-refractivity contribution in [3.05, 3.63) is 93.6 Å². The van der Waals surface area contributed by atoms with Gasteiger partial charge in [0, 0.05) is 33.1 Å². The van der Waals surface area contributed by atoms with Crippen LogP contribution in [0, 0.1) is 0 Å². The molecule has 0 bridgehead atoms. The molecule has 0 radical (unpaired) electrons. The molecule has 0 spiro atoms. The maximum Gasteiger partial charge on any atom is 0.321 e. The number of rotatable bonds is 6. The summed E-state index contributed by atoms with van der Waals surface area (Å²) in [5.74, 6) is 0.617. The number of benzene rings is 3. The molecule has 2 heterocycles. The number of hydrogen-bond acceptors (Lipinski definition) is 4. The number of hydrogen-bond donors (Lipinski definition) is 3. The molecule has 1 aromatic heterocycles. The van der Waals surface area contributed by atoms with Gasteiger partial charge in [0.2, 0.25) is 0 Å². The molecule has 3 N–H and O–H groups in total. The number of aliphatic carboxylic acids is 1. The van der Waals surface area contributed by atoms with Crippen molar-refractivity contribution in [1.29, 1.82) is 0 Å². The highest BCUT2D eigenvalue weighted by molar-refractivity contribution is 9.10. The van der Waals surface area contributed by atoms with Crippen molar-refractivity contribution in [3.8, 4) is 11.5 Å². The second kappa shape index (κ2) is 8.92. The van der Waals surface area contributed by atoms with Crippen LogP contribution in [0.1, 0.15) is 28.4 Å². The Bertz CT molecular complexity index is 1320. The molecule has 0 fully saturated rings. The van der Waals surface area contributed by atoms with Gasteiger partial charge in [-0.05, 0) is 53.6 Å². The third-order valence-corrected chi connectivity index (χ3v) is 6.58. The van der Waals surface area contributed by atoms with Gasteiger partial charge in [-0.2, -0.15) is 0 Å². The number of halogens is 1. The van der Waals surface area contributed by atoms with Crippen molar-refractivity contribution < 1.29 is 19.4 Å². The van der Waals surface area contributed by atoms with Gasteiger partial charge in [-0.15, -0.1) is 0 Å². The minimum absolute atomic E-state index is 0.292. The van der Waals surface area contributed by atoms with Gasteiger partial charge < -0.3 is 19.6 Å². The first kappa shape index (κ1) is 21.6. The summed E-state index contributed by atoms with van der Waals surface area (Å²) in [6, 6.07) is 20.6. The number of methoxy groups -OCH3 is 1. The van der Waals surface area contributed by atoms with E-state index in [1.165, 1.54) is 0 Å². The molecule has 3 aromatic carbocycles. The molecule has 4 aromatic rings. The summed E-state index contributed by atoms with van der Waals surface area (Å²) >= 11 is 3.43. The molecule has 0 saturated heterocycles. The summed E-state index contributed by atoms with van der Waals surface area (Å²) in [4.78, 5) is 15.4. The van der Waals surface area contributed by atoms with Crippen LogP contribution in [-0.2, 0) is 17.8 Å². The number of H-pyrrole nitrogens is 1. The van der Waals surface area contributed by atoms with Crippen molar-refractivity contribution in [2.75, 3.05) is 7.11 Å². The van der Waals surface area contributed by atoms with Gasteiger partial charge in [-0.25, -0.2) is 0 Å². The summed E-state index contributed by atoms with van der Waals surface area (Å²) in [6.45, 7) is 0.327. The highest BCUT2D eigenvalue weighted by Gasteiger charge is 2.34. The summed E-state index contributed by atoms with van der Waals surface area (Å²) in [5.41, 5.74) is 4.88. The number of carboxylic acid groups (broad SMARTS) is 1. The fraction of sp³-hybridized carbons (Fsp3) is 0.192. The van der Waals surface area contributed by atoms with Crippen LogP contribution in [0.3, 0.4) is 0 Å². The molecule has 0 saturated carbocycles. The molecular weight excluding hydrogens is 484 g/mol. The third-order valence-electron chi connectivity index (χ3n) is 6.06. The lowest BCUT2D eigenvalue weighted by atomic mass is 9.89. The van der Waals surface area contributed by atoms with Crippen molar-refractivity contribution in [3.63, 3.8) is 0 Å². The van der Waals surface area contributed by atoms with Crippen LogP contribution in [0.4, 0.5) is 0 Å². The zero-order valence-electron chi connectivity index (χ0n) is 18.0. The van der Waals surface area contributed by atoms with Gasteiger partial charge >= 0.3 is 5.97 Å². The molecule has 2 atom stereocenters. The van der Waals surface area contributed by atoms with Crippen LogP contribution in [-0.4, -0.2) is 29.2 Å². The molecule has 0 amide bonds. The highest BCUT2D eigenvalue weighted by atomic mass is 79.9. The first-order valence-electron chi connectivity index (χ1n) is 10.7. The van der Waals surface area contributed by atoms with Gasteiger partial charge in [0.1, 0.15) is 24.1 Å². The number of aromatic amines is 1. The lowest BCUT2D eigenvalue weighted by Gasteiger charge is -2.30. The van der Waals surface area contributed by atoms with Crippen molar-refractivity contribution in [2.24, 2.45) is 0 Å². The molecule has 2 unspecified atom stereocenters. The molecule has 33 heavy (non-hydrogen) atoms. The maximum absolute atomic E-state index is 11.9. The number of fused-ring (bicyclic) bond motifs is 3. The molecule has 0 aliphatic carbocycles. The predicted molar refractivity (Wildman–Crippen MR) is 130 cm³/mol. The van der Waals surface area contributed by atoms with Crippen LogP contribution in [0.5, 0.6) is 11.5 Å². The molecule has 7 heteroatoms. The Labute approximate surface area is 199 Å². The van der Waals surface area contributed by atoms with Crippen LogP contribution < -0.4 is 14.8 Å². The summed E-state index contributed by atoms with van der Waals surface area (Å²) in [7, 11) is 1.63. The van der Waals surface area contributed by atoms with E-state index in [0.29, 0.717) is 13.0 Å². The Kier molecular flexibility index (Phi) is 5.83. The first-order chi connectivity index (χ1) is 16.0. The highest BCUT2D eigenvalue weighted by Crippen LogP contribution is 2.36. The largest absolute Gasteiger partial charge is 0.496 e. The second-order valence-corrected chi connectivity index (χ2v) is 8.99. The lowest BCUT2D eigenvalue weighted by Crippen LogP contribution is -2.45. The van der Waals surface area contributed by atoms with Crippen molar-refractivity contribution >= 4 is 32.8 Å². The van der Waals surface area contributed by atoms with Gasteiger partial charge in [0.25, 0.3) is 0 Å². The van der Waals surface area contributed by atoms with Crippen LogP contribution in [0.2, 0.25) is 0 Å². The number of carbonyl (C=O) groups is 1. The predicted octanol–water partition coefficient (Wildman–Crippen LogP) is 5.21. The quantitative estimate of drug-likeness (QED) is 0.334. The third kappa shape index (κ3) is 4.21. The van der Waals surface area contributed by atoms with Gasteiger partial charge in [0.15, 0.2) is 0 Å². The molecular formula is C26H23BrN2O4. The van der Waals surface area contributed by atoms with E-state index in [9.17, 15) is 9.90 Å². The molecule has 6 nitrogen and oxygen atoms in total. The summed E-state index contributed by atoms with van der Waals surface area (Å²) in [5, 5.41) is 14.2. The zero-order chi connectivity index (χ0) is 22.9. The maximum atomic E-state index is 11.9. The van der Waals surface area contributed by atoms with Crippen LogP contribution >= 0.6 is 15.9 Å². The number of ether oxygens (including phenoxy) is 2. The lowest BCUT2D eigenvalue weighted by molar-refractivity contribution is -0.139. The van der Waals surface area contributed by atoms with Crippen LogP contribution in [0.15, 0.2) is 71.2 Å². The average molecular weight is 507 g/mol. The molecule has 1 aliphatic heterocycles. The minimum atomic E-state index is -0.858. The molecule has 168 valence electrons. The van der Waals surface area contributed by atoms with E-state index in [1.807, 2.05) is 66.7 Å². The van der Waals surface area contributed by atoms with E-state index in [1.54, 1.807) is 7.11 Å². The summed E-state index contributed by atoms with van der Waals surface area (Å²) < 4.78 is 12.5. The Hall–Kier alpha value is -3.29. The minimum Gasteiger partial charge on any atom is -0.496 e. The molecule has 1 aliphatic rings. The Morgan fingerprint density at radius 3 is 2.67 bits per heavy atom. The van der Waals surface area contributed by atoms with Gasteiger partial charge in [-0.3, -0.25) is 10.1 Å². The second-order valence-electron chi connectivity index (χ2n) is 8.07. The monoisotopic (exact) mass is 506 g/mol. The Morgan fingerprint density at radius 2 is 1.91 bits per heavy atom. The van der Waals surface area contributed by atoms with E-state index in [4.69, 9.17) is 9.47 Å². The number of para-hydroxylation sites is 1. The number of carboxylic acids is 1. The van der Waals surface area contributed by atoms with E-state index in [2.05, 4.69) is 26.2 Å². The van der Waals surface area contributed by atoms with Crippen LogP contribution in [0.25, 0.3) is 10.9 Å².